The summed E-state index contributed by atoms with van der Waals surface area (Å²) in [5.41, 5.74) is 0.876. The average molecular weight is 304 g/mol. The van der Waals surface area contributed by atoms with Crippen LogP contribution in [0.2, 0.25) is 0 Å². The zero-order chi connectivity index (χ0) is 15.2. The van der Waals surface area contributed by atoms with Gasteiger partial charge in [0.15, 0.2) is 0 Å². The highest BCUT2D eigenvalue weighted by Gasteiger charge is 2.09. The van der Waals surface area contributed by atoms with Crippen LogP contribution in [0.25, 0.3) is 0 Å². The maximum Gasteiger partial charge on any atom is 0.320 e. The molecule has 0 aliphatic heterocycles. The molecule has 0 aliphatic carbocycles. The zero-order valence-corrected chi connectivity index (χ0v) is 13.3. The van der Waals surface area contributed by atoms with Gasteiger partial charge < -0.3 is 5.32 Å². The number of nitrogens with zero attached hydrogens (tertiary/aromatic N) is 2. The van der Waals surface area contributed by atoms with Gasteiger partial charge in [-0.05, 0) is 19.1 Å². The van der Waals surface area contributed by atoms with E-state index >= 15 is 0 Å². The van der Waals surface area contributed by atoms with Crippen LogP contribution in [-0.2, 0) is 7.05 Å². The number of aromatic nitrogens is 2. The Hall–Kier alpha value is -1.95. The molecule has 21 heavy (non-hydrogen) atoms. The molecule has 2 amide bonds. The van der Waals surface area contributed by atoms with Gasteiger partial charge in [-0.25, -0.2) is 4.79 Å². The van der Waals surface area contributed by atoms with Crippen LogP contribution in [-0.4, -0.2) is 27.6 Å². The molecule has 0 bridgehead atoms. The van der Waals surface area contributed by atoms with E-state index in [1.165, 1.54) is 4.90 Å². The van der Waals surface area contributed by atoms with Gasteiger partial charge in [-0.2, -0.15) is 5.10 Å². The molecule has 2 N–H and O–H groups in total. The van der Waals surface area contributed by atoms with E-state index in [2.05, 4.69) is 34.8 Å². The molecular weight excluding hydrogens is 284 g/mol. The lowest BCUT2D eigenvalue weighted by molar-refractivity contribution is 0.252. The third-order valence-corrected chi connectivity index (χ3v) is 3.99. The van der Waals surface area contributed by atoms with E-state index < -0.39 is 0 Å². The number of benzene rings is 1. The SMILES string of the molecule is Cc1cc(NC(=O)NCC(C)Sc2ccccc2)n(C)n1. The molecule has 1 atom stereocenters. The average Bonchev–Trinajstić information content (AvgIpc) is 2.76. The van der Waals surface area contributed by atoms with Crippen LogP contribution in [0.4, 0.5) is 10.6 Å². The Morgan fingerprint density at radius 3 is 2.71 bits per heavy atom. The van der Waals surface area contributed by atoms with Crippen molar-refractivity contribution >= 4 is 23.6 Å². The van der Waals surface area contributed by atoms with E-state index in [1.807, 2.05) is 31.2 Å². The second-order valence-corrected chi connectivity index (χ2v) is 6.38. The third kappa shape index (κ3) is 4.82. The standard InChI is InChI=1S/C15H20N4OS/c1-11-9-14(19(3)18-11)17-15(20)16-10-12(2)21-13-7-5-4-6-8-13/h4-9,12H,10H2,1-3H3,(H2,16,17,20). The van der Waals surface area contributed by atoms with Gasteiger partial charge in [-0.15, -0.1) is 11.8 Å². The molecule has 6 heteroatoms. The van der Waals surface area contributed by atoms with Crippen molar-refractivity contribution in [2.45, 2.75) is 24.0 Å². The highest BCUT2D eigenvalue weighted by Crippen LogP contribution is 2.21. The molecule has 0 saturated heterocycles. The summed E-state index contributed by atoms with van der Waals surface area (Å²) < 4.78 is 1.65. The van der Waals surface area contributed by atoms with Crippen molar-refractivity contribution in [1.29, 1.82) is 0 Å². The number of aryl methyl sites for hydroxylation is 2. The van der Waals surface area contributed by atoms with Crippen molar-refractivity contribution < 1.29 is 4.79 Å². The number of urea groups is 1. The third-order valence-electron chi connectivity index (χ3n) is 2.87. The van der Waals surface area contributed by atoms with Gasteiger partial charge in [0.1, 0.15) is 5.82 Å². The van der Waals surface area contributed by atoms with Gasteiger partial charge in [0.05, 0.1) is 5.69 Å². The Morgan fingerprint density at radius 2 is 2.10 bits per heavy atom. The summed E-state index contributed by atoms with van der Waals surface area (Å²) in [6, 6.07) is 11.8. The Balaban J connectivity index is 1.77. The van der Waals surface area contributed by atoms with Crippen molar-refractivity contribution in [1.82, 2.24) is 15.1 Å². The second kappa shape index (κ2) is 7.17. The second-order valence-electron chi connectivity index (χ2n) is 4.87. The fraction of sp³-hybridized carbons (Fsp3) is 0.333. The van der Waals surface area contributed by atoms with Crippen molar-refractivity contribution in [2.75, 3.05) is 11.9 Å². The number of amides is 2. The first-order chi connectivity index (χ1) is 10.0. The van der Waals surface area contributed by atoms with Gasteiger partial charge >= 0.3 is 6.03 Å². The summed E-state index contributed by atoms with van der Waals surface area (Å²) in [7, 11) is 1.80. The Morgan fingerprint density at radius 1 is 1.38 bits per heavy atom. The predicted molar refractivity (Wildman–Crippen MR) is 86.7 cm³/mol. The van der Waals surface area contributed by atoms with Gasteiger partial charge in [0.2, 0.25) is 0 Å². The van der Waals surface area contributed by atoms with Crippen LogP contribution >= 0.6 is 11.8 Å². The molecular formula is C15H20N4OS. The van der Waals surface area contributed by atoms with Gasteiger partial charge in [0, 0.05) is 29.8 Å². The zero-order valence-electron chi connectivity index (χ0n) is 12.5. The Labute approximate surface area is 129 Å². The van der Waals surface area contributed by atoms with Crippen molar-refractivity contribution in [3.8, 4) is 0 Å². The van der Waals surface area contributed by atoms with E-state index in [0.29, 0.717) is 17.6 Å². The molecule has 0 aliphatic rings. The number of carbonyl (C=O) groups excluding carboxylic acids is 1. The number of hydrogen-bond acceptors (Lipinski definition) is 3. The van der Waals surface area contributed by atoms with Crippen LogP contribution in [0.1, 0.15) is 12.6 Å². The molecule has 1 aromatic heterocycles. The Kier molecular flexibility index (Phi) is 5.27. The monoisotopic (exact) mass is 304 g/mol. The summed E-state index contributed by atoms with van der Waals surface area (Å²) in [6.07, 6.45) is 0. The molecule has 1 unspecified atom stereocenters. The smallest absolute Gasteiger partial charge is 0.320 e. The van der Waals surface area contributed by atoms with Crippen LogP contribution in [0.15, 0.2) is 41.3 Å². The largest absolute Gasteiger partial charge is 0.337 e. The van der Waals surface area contributed by atoms with Crippen molar-refractivity contribution in [3.05, 3.63) is 42.1 Å². The molecule has 2 rings (SSSR count). The highest BCUT2D eigenvalue weighted by molar-refractivity contribution is 8.00. The normalized spacial score (nSPS) is 12.0. The minimum Gasteiger partial charge on any atom is -0.337 e. The molecule has 0 radical (unpaired) electrons. The number of nitrogens with one attached hydrogen (secondary N) is 2. The minimum absolute atomic E-state index is 0.210. The lowest BCUT2D eigenvalue weighted by Crippen LogP contribution is -2.33. The summed E-state index contributed by atoms with van der Waals surface area (Å²) in [5.74, 6) is 0.688. The topological polar surface area (TPSA) is 59.0 Å². The van der Waals surface area contributed by atoms with Gasteiger partial charge in [-0.3, -0.25) is 10.00 Å². The van der Waals surface area contributed by atoms with Crippen molar-refractivity contribution in [3.63, 3.8) is 0 Å². The molecule has 112 valence electrons. The van der Waals surface area contributed by atoms with Gasteiger partial charge in [-0.1, -0.05) is 25.1 Å². The van der Waals surface area contributed by atoms with E-state index in [0.717, 1.165) is 5.69 Å². The van der Waals surface area contributed by atoms with E-state index in [4.69, 9.17) is 0 Å². The van der Waals surface area contributed by atoms with Crippen LogP contribution < -0.4 is 10.6 Å². The first kappa shape index (κ1) is 15.4. The van der Waals surface area contributed by atoms with E-state index in [1.54, 1.807) is 23.5 Å². The highest BCUT2D eigenvalue weighted by atomic mass is 32.2. The number of anilines is 1. The maximum atomic E-state index is 11.9. The van der Waals surface area contributed by atoms with Gasteiger partial charge in [0.25, 0.3) is 0 Å². The Bertz CT molecular complexity index is 597. The minimum atomic E-state index is -0.210. The number of hydrogen-bond donors (Lipinski definition) is 2. The first-order valence-corrected chi connectivity index (χ1v) is 7.70. The number of rotatable bonds is 5. The summed E-state index contributed by atoms with van der Waals surface area (Å²) in [6.45, 7) is 4.58. The fourth-order valence-electron chi connectivity index (χ4n) is 1.90. The van der Waals surface area contributed by atoms with Crippen LogP contribution in [0, 0.1) is 6.92 Å². The predicted octanol–water partition coefficient (Wildman–Crippen LogP) is 3.03. The van der Waals surface area contributed by atoms with Crippen LogP contribution in [0.3, 0.4) is 0 Å². The van der Waals surface area contributed by atoms with E-state index in [-0.39, 0.29) is 6.03 Å². The molecule has 0 saturated carbocycles. The first-order valence-electron chi connectivity index (χ1n) is 6.82. The summed E-state index contributed by atoms with van der Waals surface area (Å²) >= 11 is 1.74. The number of carbonyl (C=O) groups is 1. The number of thioether (sulfide) groups is 1. The van der Waals surface area contributed by atoms with E-state index in [9.17, 15) is 4.79 Å². The fourth-order valence-corrected chi connectivity index (χ4v) is 2.84. The van der Waals surface area contributed by atoms with Crippen LogP contribution in [0.5, 0.6) is 0 Å². The lowest BCUT2D eigenvalue weighted by atomic mass is 10.4. The molecule has 5 nitrogen and oxygen atoms in total. The molecule has 2 aromatic rings. The summed E-state index contributed by atoms with van der Waals surface area (Å²) in [5, 5.41) is 10.1. The van der Waals surface area contributed by atoms with Crippen molar-refractivity contribution in [2.24, 2.45) is 7.05 Å². The summed E-state index contributed by atoms with van der Waals surface area (Å²) in [4.78, 5) is 13.1. The maximum absolute atomic E-state index is 11.9. The molecule has 0 spiro atoms. The molecule has 1 aromatic carbocycles. The lowest BCUT2D eigenvalue weighted by Gasteiger charge is -2.13. The molecule has 1 heterocycles. The quantitative estimate of drug-likeness (QED) is 0.835. The molecule has 0 fully saturated rings.